The zero-order valence-electron chi connectivity index (χ0n) is 15.3. The normalized spacial score (nSPS) is 19.4. The zero-order valence-corrected chi connectivity index (χ0v) is 16.1. The van der Waals surface area contributed by atoms with E-state index in [1.54, 1.807) is 43.3 Å². The van der Waals surface area contributed by atoms with Crippen LogP contribution in [0.1, 0.15) is 28.4 Å². The molecule has 0 spiro atoms. The summed E-state index contributed by atoms with van der Waals surface area (Å²) in [5, 5.41) is 3.23. The van der Waals surface area contributed by atoms with E-state index in [1.807, 2.05) is 0 Å². The number of urea groups is 1. The highest BCUT2D eigenvalue weighted by Gasteiger charge is 2.50. The number of carbonyl (C=O) groups excluding carboxylic acids is 3. The molecule has 28 heavy (non-hydrogen) atoms. The van der Waals surface area contributed by atoms with Crippen molar-refractivity contribution < 1.29 is 22.8 Å². The smallest absolute Gasteiger partial charge is 0.318 e. The summed E-state index contributed by atoms with van der Waals surface area (Å²) in [7, 11) is -3.27. The van der Waals surface area contributed by atoms with Gasteiger partial charge in [0.1, 0.15) is 5.54 Å². The van der Waals surface area contributed by atoms with Crippen molar-refractivity contribution in [1.29, 1.82) is 0 Å². The summed E-state index contributed by atoms with van der Waals surface area (Å²) in [6, 6.07) is 13.9. The predicted octanol–water partition coefficient (Wildman–Crippen LogP) is 1.34. The molecule has 0 aromatic heterocycles. The van der Waals surface area contributed by atoms with Gasteiger partial charge in [-0.15, -0.1) is 0 Å². The van der Waals surface area contributed by atoms with Crippen LogP contribution in [0.4, 0.5) is 4.79 Å². The lowest BCUT2D eigenvalue weighted by Crippen LogP contribution is -2.47. The van der Waals surface area contributed by atoms with E-state index < -0.39 is 33.2 Å². The molecule has 2 N–H and O–H groups in total. The second-order valence-electron chi connectivity index (χ2n) is 6.77. The van der Waals surface area contributed by atoms with Crippen LogP contribution in [0.3, 0.4) is 0 Å². The van der Waals surface area contributed by atoms with E-state index in [0.717, 1.165) is 6.26 Å². The van der Waals surface area contributed by atoms with Crippen molar-refractivity contribution >= 4 is 27.7 Å². The molecule has 3 rings (SSSR count). The van der Waals surface area contributed by atoms with Crippen LogP contribution in [0.15, 0.2) is 54.6 Å². The highest BCUT2D eigenvalue weighted by molar-refractivity contribution is 7.89. The summed E-state index contributed by atoms with van der Waals surface area (Å²) in [6.07, 6.45) is 1.09. The third kappa shape index (κ3) is 3.89. The van der Waals surface area contributed by atoms with Crippen molar-refractivity contribution in [2.24, 2.45) is 0 Å². The number of sulfone groups is 1. The number of amides is 4. The van der Waals surface area contributed by atoms with Gasteiger partial charge in [-0.2, -0.15) is 5.01 Å². The first-order chi connectivity index (χ1) is 13.1. The SMILES string of the molecule is CC1(c2ccccc2)NC(=O)N(NC(=O)c2cccc(CS(C)(=O)=O)c2)C1=O. The molecule has 8 nitrogen and oxygen atoms in total. The van der Waals surface area contributed by atoms with Gasteiger partial charge in [-0.05, 0) is 30.2 Å². The quantitative estimate of drug-likeness (QED) is 0.735. The molecule has 2 aromatic carbocycles. The number of rotatable bonds is 5. The van der Waals surface area contributed by atoms with Crippen molar-refractivity contribution in [3.63, 3.8) is 0 Å². The molecular formula is C19H19N3O5S. The number of nitrogens with zero attached hydrogens (tertiary/aromatic N) is 1. The zero-order chi connectivity index (χ0) is 20.5. The van der Waals surface area contributed by atoms with E-state index in [-0.39, 0.29) is 11.3 Å². The first kappa shape index (κ1) is 19.6. The van der Waals surface area contributed by atoms with Crippen LogP contribution in [0.5, 0.6) is 0 Å². The molecule has 0 saturated carbocycles. The minimum Gasteiger partial charge on any atom is -0.318 e. The van der Waals surface area contributed by atoms with Gasteiger partial charge in [0.2, 0.25) is 0 Å². The monoisotopic (exact) mass is 401 g/mol. The molecule has 2 aromatic rings. The molecule has 1 heterocycles. The molecule has 4 amide bonds. The first-order valence-corrected chi connectivity index (χ1v) is 10.5. The van der Waals surface area contributed by atoms with E-state index in [1.165, 1.54) is 18.2 Å². The van der Waals surface area contributed by atoms with Crippen LogP contribution < -0.4 is 10.7 Å². The maximum atomic E-state index is 12.8. The van der Waals surface area contributed by atoms with Crippen molar-refractivity contribution in [2.75, 3.05) is 6.26 Å². The fourth-order valence-electron chi connectivity index (χ4n) is 2.98. The van der Waals surface area contributed by atoms with Gasteiger partial charge in [0, 0.05) is 11.8 Å². The lowest BCUT2D eigenvalue weighted by molar-refractivity contribution is -0.132. The Bertz CT molecular complexity index is 1050. The number of benzene rings is 2. The molecule has 1 fully saturated rings. The highest BCUT2D eigenvalue weighted by Crippen LogP contribution is 2.27. The Morgan fingerprint density at radius 3 is 2.43 bits per heavy atom. The van der Waals surface area contributed by atoms with Crippen LogP contribution in [0, 0.1) is 0 Å². The molecule has 1 unspecified atom stereocenters. The topological polar surface area (TPSA) is 113 Å². The van der Waals surface area contributed by atoms with Gasteiger partial charge in [0.05, 0.1) is 5.75 Å². The van der Waals surface area contributed by atoms with Crippen LogP contribution in [-0.2, 0) is 25.9 Å². The fraction of sp³-hybridized carbons (Fsp3) is 0.211. The van der Waals surface area contributed by atoms with Crippen LogP contribution in [0.25, 0.3) is 0 Å². The Morgan fingerprint density at radius 1 is 1.11 bits per heavy atom. The Balaban J connectivity index is 1.80. The number of hydrogen-bond donors (Lipinski definition) is 2. The number of carbonyl (C=O) groups is 3. The van der Waals surface area contributed by atoms with Gasteiger partial charge in [0.25, 0.3) is 11.8 Å². The Hall–Kier alpha value is -3.20. The first-order valence-electron chi connectivity index (χ1n) is 8.40. The number of nitrogens with one attached hydrogen (secondary N) is 2. The largest absolute Gasteiger partial charge is 0.344 e. The minimum absolute atomic E-state index is 0.134. The Morgan fingerprint density at radius 2 is 1.79 bits per heavy atom. The number of imide groups is 1. The molecule has 0 bridgehead atoms. The summed E-state index contributed by atoms with van der Waals surface area (Å²) in [5.74, 6) is -1.54. The van der Waals surface area contributed by atoms with Gasteiger partial charge in [0.15, 0.2) is 9.84 Å². The summed E-state index contributed by atoms with van der Waals surface area (Å²) in [5.41, 5.74) is 2.14. The van der Waals surface area contributed by atoms with E-state index >= 15 is 0 Å². The summed E-state index contributed by atoms with van der Waals surface area (Å²) >= 11 is 0. The summed E-state index contributed by atoms with van der Waals surface area (Å²) in [6.45, 7) is 1.56. The lowest BCUT2D eigenvalue weighted by atomic mass is 9.92. The maximum Gasteiger partial charge on any atom is 0.344 e. The summed E-state index contributed by atoms with van der Waals surface area (Å²) < 4.78 is 22.9. The van der Waals surface area contributed by atoms with E-state index in [2.05, 4.69) is 10.7 Å². The Labute approximate surface area is 162 Å². The van der Waals surface area contributed by atoms with Crippen molar-refractivity contribution in [1.82, 2.24) is 15.8 Å². The van der Waals surface area contributed by atoms with Gasteiger partial charge >= 0.3 is 6.03 Å². The van der Waals surface area contributed by atoms with Crippen LogP contribution >= 0.6 is 0 Å². The predicted molar refractivity (Wildman–Crippen MR) is 102 cm³/mol. The average Bonchev–Trinajstić information content (AvgIpc) is 2.85. The van der Waals surface area contributed by atoms with Gasteiger partial charge in [-0.1, -0.05) is 42.5 Å². The molecule has 0 aliphatic carbocycles. The van der Waals surface area contributed by atoms with Crippen molar-refractivity contribution in [3.05, 3.63) is 71.3 Å². The molecule has 146 valence electrons. The standard InChI is InChI=1S/C19H19N3O5S/c1-19(15-9-4-3-5-10-15)17(24)22(18(25)20-19)21-16(23)14-8-6-7-13(11-14)12-28(2,26)27/h3-11H,12H2,1-2H3,(H,20,25)(H,21,23). The Kier molecular flexibility index (Phi) is 4.95. The van der Waals surface area contributed by atoms with E-state index in [9.17, 15) is 22.8 Å². The van der Waals surface area contributed by atoms with Gasteiger partial charge in [-0.25, -0.2) is 13.2 Å². The van der Waals surface area contributed by atoms with Gasteiger partial charge < -0.3 is 5.32 Å². The third-order valence-electron chi connectivity index (χ3n) is 4.37. The molecule has 1 aliphatic heterocycles. The lowest BCUT2D eigenvalue weighted by Gasteiger charge is -2.22. The average molecular weight is 401 g/mol. The summed E-state index contributed by atoms with van der Waals surface area (Å²) in [4.78, 5) is 37.6. The minimum atomic E-state index is -3.27. The molecule has 1 aliphatic rings. The molecule has 1 atom stereocenters. The third-order valence-corrected chi connectivity index (χ3v) is 5.23. The molecule has 0 radical (unpaired) electrons. The maximum absolute atomic E-state index is 12.8. The van der Waals surface area contributed by atoms with Crippen molar-refractivity contribution in [2.45, 2.75) is 18.2 Å². The van der Waals surface area contributed by atoms with Crippen LogP contribution in [0.2, 0.25) is 0 Å². The van der Waals surface area contributed by atoms with Gasteiger partial charge in [-0.3, -0.25) is 15.0 Å². The number of hydrazine groups is 1. The molecule has 1 saturated heterocycles. The highest BCUT2D eigenvalue weighted by atomic mass is 32.2. The second-order valence-corrected chi connectivity index (χ2v) is 8.91. The number of hydrogen-bond acceptors (Lipinski definition) is 5. The van der Waals surface area contributed by atoms with Crippen molar-refractivity contribution in [3.8, 4) is 0 Å². The second kappa shape index (κ2) is 7.08. The molecule has 9 heteroatoms. The van der Waals surface area contributed by atoms with Crippen LogP contribution in [-0.4, -0.2) is 37.5 Å². The van der Waals surface area contributed by atoms with E-state index in [4.69, 9.17) is 0 Å². The molecular weight excluding hydrogens is 382 g/mol. The van der Waals surface area contributed by atoms with E-state index in [0.29, 0.717) is 16.1 Å². The fourth-order valence-corrected chi connectivity index (χ4v) is 3.76.